The summed E-state index contributed by atoms with van der Waals surface area (Å²) >= 11 is 2.62. The van der Waals surface area contributed by atoms with Crippen molar-refractivity contribution in [2.75, 3.05) is 37.7 Å². The molecule has 0 atom stereocenters. The number of aromatic nitrogens is 2. The Balaban J connectivity index is 1.77. The fourth-order valence-corrected chi connectivity index (χ4v) is 3.30. The van der Waals surface area contributed by atoms with Gasteiger partial charge in [-0.3, -0.25) is 9.59 Å². The van der Waals surface area contributed by atoms with Gasteiger partial charge >= 0.3 is 0 Å². The number of carbonyl (C=O) groups excluding carboxylic acids is 2. The maximum atomic E-state index is 12.0. The number of piperazine rings is 1. The van der Waals surface area contributed by atoms with Crippen LogP contribution in [0.2, 0.25) is 0 Å². The normalized spacial score (nSPS) is 15.6. The minimum Gasteiger partial charge on any atom is -0.374 e. The minimum absolute atomic E-state index is 0.0574. The van der Waals surface area contributed by atoms with Crippen molar-refractivity contribution in [2.45, 2.75) is 11.3 Å². The van der Waals surface area contributed by atoms with E-state index in [-0.39, 0.29) is 11.8 Å². The maximum absolute atomic E-state index is 12.0. The summed E-state index contributed by atoms with van der Waals surface area (Å²) in [6.45, 7) is 3.96. The molecule has 0 bridgehead atoms. The number of hydrogen-bond acceptors (Lipinski definition) is 7. The van der Waals surface area contributed by atoms with Gasteiger partial charge in [-0.15, -0.1) is 10.2 Å². The predicted octanol–water partition coefficient (Wildman–Crippen LogP) is -0.0969. The zero-order valence-corrected chi connectivity index (χ0v) is 12.2. The van der Waals surface area contributed by atoms with E-state index in [1.165, 1.54) is 23.1 Å². The van der Waals surface area contributed by atoms with E-state index in [0.29, 0.717) is 41.4 Å². The maximum Gasteiger partial charge on any atom is 0.233 e. The van der Waals surface area contributed by atoms with Gasteiger partial charge in [0.2, 0.25) is 16.9 Å². The Morgan fingerprint density at radius 1 is 1.26 bits per heavy atom. The van der Waals surface area contributed by atoms with Gasteiger partial charge in [0.05, 0.1) is 5.75 Å². The first kappa shape index (κ1) is 14.1. The van der Waals surface area contributed by atoms with Crippen LogP contribution in [0.15, 0.2) is 4.34 Å². The standard InChI is InChI=1S/C10H15N5O2S2/c1-7(16)14-2-4-15(5-3-14)8(17)6-18-10-13-12-9(11)19-10/h2-6H2,1H3,(H2,11,12). The molecule has 1 fully saturated rings. The molecular formula is C10H15N5O2S2. The largest absolute Gasteiger partial charge is 0.374 e. The van der Waals surface area contributed by atoms with Crippen molar-refractivity contribution in [1.29, 1.82) is 0 Å². The molecule has 1 aromatic rings. The molecule has 2 N–H and O–H groups in total. The molecule has 104 valence electrons. The van der Waals surface area contributed by atoms with Gasteiger partial charge in [0.15, 0.2) is 4.34 Å². The molecule has 7 nitrogen and oxygen atoms in total. The van der Waals surface area contributed by atoms with Gasteiger partial charge in [-0.05, 0) is 0 Å². The van der Waals surface area contributed by atoms with Gasteiger partial charge in [-0.25, -0.2) is 0 Å². The average molecular weight is 301 g/mol. The Morgan fingerprint density at radius 2 is 1.89 bits per heavy atom. The molecule has 1 aliphatic rings. The predicted molar refractivity (Wildman–Crippen MR) is 73.9 cm³/mol. The van der Waals surface area contributed by atoms with Crippen molar-refractivity contribution >= 4 is 40.0 Å². The Kier molecular flexibility index (Phi) is 4.59. The number of rotatable bonds is 3. The zero-order chi connectivity index (χ0) is 13.8. The molecule has 2 heterocycles. The lowest BCUT2D eigenvalue weighted by Crippen LogP contribution is -2.50. The van der Waals surface area contributed by atoms with Crippen molar-refractivity contribution < 1.29 is 9.59 Å². The average Bonchev–Trinajstić information content (AvgIpc) is 2.82. The summed E-state index contributed by atoms with van der Waals surface area (Å²) in [5.41, 5.74) is 5.47. The molecule has 0 aromatic carbocycles. The van der Waals surface area contributed by atoms with Crippen LogP contribution in [0.4, 0.5) is 5.13 Å². The summed E-state index contributed by atoms with van der Waals surface area (Å²) in [6, 6.07) is 0. The highest BCUT2D eigenvalue weighted by molar-refractivity contribution is 8.01. The lowest BCUT2D eigenvalue weighted by molar-refractivity contribution is -0.136. The molecule has 1 aliphatic heterocycles. The summed E-state index contributed by atoms with van der Waals surface area (Å²) in [5.74, 6) is 0.446. The van der Waals surface area contributed by atoms with E-state index in [1.54, 1.807) is 16.7 Å². The Labute approximate surface area is 119 Å². The molecule has 9 heteroatoms. The van der Waals surface area contributed by atoms with Gasteiger partial charge in [0, 0.05) is 33.1 Å². The summed E-state index contributed by atoms with van der Waals surface area (Å²) in [6.07, 6.45) is 0. The van der Waals surface area contributed by atoms with Crippen LogP contribution in [-0.4, -0.2) is 63.7 Å². The number of nitrogen functional groups attached to an aromatic ring is 1. The summed E-state index contributed by atoms with van der Waals surface area (Å²) in [7, 11) is 0. The molecule has 1 aromatic heterocycles. The van der Waals surface area contributed by atoms with Crippen LogP contribution < -0.4 is 5.73 Å². The van der Waals surface area contributed by atoms with Gasteiger partial charge in [-0.1, -0.05) is 23.1 Å². The second-order valence-electron chi connectivity index (χ2n) is 4.08. The number of nitrogens with zero attached hydrogens (tertiary/aromatic N) is 4. The third-order valence-electron chi connectivity index (χ3n) is 2.82. The number of carbonyl (C=O) groups is 2. The lowest BCUT2D eigenvalue weighted by atomic mass is 10.3. The van der Waals surface area contributed by atoms with E-state index in [2.05, 4.69) is 10.2 Å². The fraction of sp³-hybridized carbons (Fsp3) is 0.600. The molecule has 19 heavy (non-hydrogen) atoms. The van der Waals surface area contributed by atoms with Crippen LogP contribution >= 0.6 is 23.1 Å². The molecule has 1 saturated heterocycles. The van der Waals surface area contributed by atoms with Crippen molar-refractivity contribution in [3.63, 3.8) is 0 Å². The van der Waals surface area contributed by atoms with E-state index in [4.69, 9.17) is 5.73 Å². The van der Waals surface area contributed by atoms with Gasteiger partial charge < -0.3 is 15.5 Å². The number of anilines is 1. The highest BCUT2D eigenvalue weighted by Gasteiger charge is 2.22. The summed E-state index contributed by atoms with van der Waals surface area (Å²) < 4.78 is 0.702. The summed E-state index contributed by atoms with van der Waals surface area (Å²) in [5, 5.41) is 7.95. The van der Waals surface area contributed by atoms with Crippen molar-refractivity contribution in [3.05, 3.63) is 0 Å². The van der Waals surface area contributed by atoms with E-state index >= 15 is 0 Å². The quantitative estimate of drug-likeness (QED) is 0.784. The Bertz CT molecular complexity index is 470. The molecule has 2 rings (SSSR count). The number of amides is 2. The third-order valence-corrected chi connectivity index (χ3v) is 4.69. The fourth-order valence-electron chi connectivity index (χ4n) is 1.76. The van der Waals surface area contributed by atoms with Crippen LogP contribution in [0.5, 0.6) is 0 Å². The highest BCUT2D eigenvalue weighted by atomic mass is 32.2. The first-order valence-corrected chi connectivity index (χ1v) is 7.61. The first-order chi connectivity index (χ1) is 9.06. The molecule has 0 radical (unpaired) electrons. The van der Waals surface area contributed by atoms with Crippen LogP contribution in [0.1, 0.15) is 6.92 Å². The Morgan fingerprint density at radius 3 is 2.42 bits per heavy atom. The van der Waals surface area contributed by atoms with E-state index in [1.807, 2.05) is 0 Å². The van der Waals surface area contributed by atoms with Gasteiger partial charge in [-0.2, -0.15) is 0 Å². The first-order valence-electron chi connectivity index (χ1n) is 5.81. The van der Waals surface area contributed by atoms with E-state index in [0.717, 1.165) is 0 Å². The SMILES string of the molecule is CC(=O)N1CCN(C(=O)CSc2nnc(N)s2)CC1. The lowest BCUT2D eigenvalue weighted by Gasteiger charge is -2.34. The molecule has 0 saturated carbocycles. The topological polar surface area (TPSA) is 92.4 Å². The summed E-state index contributed by atoms with van der Waals surface area (Å²) in [4.78, 5) is 26.7. The number of hydrogen-bond donors (Lipinski definition) is 1. The molecule has 0 unspecified atom stereocenters. The monoisotopic (exact) mass is 301 g/mol. The van der Waals surface area contributed by atoms with Crippen LogP contribution in [0.3, 0.4) is 0 Å². The Hall–Kier alpha value is -1.35. The molecule has 0 aliphatic carbocycles. The second kappa shape index (κ2) is 6.20. The van der Waals surface area contributed by atoms with Crippen molar-refractivity contribution in [1.82, 2.24) is 20.0 Å². The minimum atomic E-state index is 0.0574. The third kappa shape index (κ3) is 3.80. The molecular weight excluding hydrogens is 286 g/mol. The van der Waals surface area contributed by atoms with E-state index < -0.39 is 0 Å². The van der Waals surface area contributed by atoms with Crippen LogP contribution in [0, 0.1) is 0 Å². The highest BCUT2D eigenvalue weighted by Crippen LogP contribution is 2.23. The smallest absolute Gasteiger partial charge is 0.233 e. The number of thioether (sulfide) groups is 1. The van der Waals surface area contributed by atoms with Gasteiger partial charge in [0.1, 0.15) is 0 Å². The zero-order valence-electron chi connectivity index (χ0n) is 10.5. The molecule has 2 amide bonds. The van der Waals surface area contributed by atoms with Gasteiger partial charge in [0.25, 0.3) is 0 Å². The van der Waals surface area contributed by atoms with E-state index in [9.17, 15) is 9.59 Å². The number of nitrogens with two attached hydrogens (primary N) is 1. The molecule has 0 spiro atoms. The van der Waals surface area contributed by atoms with Crippen LogP contribution in [-0.2, 0) is 9.59 Å². The van der Waals surface area contributed by atoms with Crippen molar-refractivity contribution in [2.24, 2.45) is 0 Å². The second-order valence-corrected chi connectivity index (χ2v) is 6.31. The van der Waals surface area contributed by atoms with Crippen LogP contribution in [0.25, 0.3) is 0 Å². The van der Waals surface area contributed by atoms with Crippen molar-refractivity contribution in [3.8, 4) is 0 Å².